The van der Waals surface area contributed by atoms with Crippen molar-refractivity contribution in [1.82, 2.24) is 10.6 Å². The van der Waals surface area contributed by atoms with Gasteiger partial charge in [0.15, 0.2) is 0 Å². The molecule has 3 heteroatoms. The van der Waals surface area contributed by atoms with Crippen molar-refractivity contribution in [2.45, 2.75) is 12.5 Å². The molecule has 0 bridgehead atoms. The van der Waals surface area contributed by atoms with Crippen molar-refractivity contribution < 1.29 is 4.79 Å². The van der Waals surface area contributed by atoms with Gasteiger partial charge in [-0.2, -0.15) is 0 Å². The van der Waals surface area contributed by atoms with Gasteiger partial charge in [0.2, 0.25) is 0 Å². The van der Waals surface area contributed by atoms with Crippen LogP contribution in [0.3, 0.4) is 0 Å². The van der Waals surface area contributed by atoms with Gasteiger partial charge in [0.05, 0.1) is 11.4 Å². The van der Waals surface area contributed by atoms with Gasteiger partial charge in [-0.05, 0) is 18.1 Å². The minimum absolute atomic E-state index is 0.104. The van der Waals surface area contributed by atoms with Crippen molar-refractivity contribution in [3.8, 4) is 0 Å². The van der Waals surface area contributed by atoms with Crippen molar-refractivity contribution in [2.75, 3.05) is 7.05 Å². The Bertz CT molecular complexity index is 529. The molecular formula is C16H18N2O. The molecule has 1 atom stereocenters. The Morgan fingerprint density at radius 3 is 2.79 bits per heavy atom. The van der Waals surface area contributed by atoms with Crippen molar-refractivity contribution >= 4 is 6.29 Å². The molecule has 1 aliphatic rings. The number of carbonyl (C=O) groups excluding carboxylic acids is 1. The van der Waals surface area contributed by atoms with Gasteiger partial charge in [-0.15, -0.1) is 0 Å². The molecule has 98 valence electrons. The molecular weight excluding hydrogens is 236 g/mol. The van der Waals surface area contributed by atoms with E-state index in [9.17, 15) is 4.79 Å². The zero-order valence-electron chi connectivity index (χ0n) is 11.0. The second kappa shape index (κ2) is 6.05. The zero-order chi connectivity index (χ0) is 13.7. The molecule has 1 aromatic carbocycles. The smallest absolute Gasteiger partial charge is 0.149 e. The van der Waals surface area contributed by atoms with Crippen LogP contribution in [-0.4, -0.2) is 19.4 Å². The van der Waals surface area contributed by atoms with E-state index in [1.165, 1.54) is 5.56 Å². The largest absolute Gasteiger partial charge is 0.387 e. The number of carbonyl (C=O) groups is 1. The number of aldehydes is 1. The van der Waals surface area contributed by atoms with Gasteiger partial charge in [-0.1, -0.05) is 43.0 Å². The highest BCUT2D eigenvalue weighted by atomic mass is 16.1. The summed E-state index contributed by atoms with van der Waals surface area (Å²) in [5.74, 6) is 0. The van der Waals surface area contributed by atoms with Crippen LogP contribution in [0, 0.1) is 0 Å². The maximum absolute atomic E-state index is 11.0. The lowest BCUT2D eigenvalue weighted by Crippen LogP contribution is -2.34. The van der Waals surface area contributed by atoms with Gasteiger partial charge < -0.3 is 10.6 Å². The molecule has 0 radical (unpaired) electrons. The summed E-state index contributed by atoms with van der Waals surface area (Å²) in [5.41, 5.74) is 3.57. The van der Waals surface area contributed by atoms with Crippen LogP contribution in [0.4, 0.5) is 0 Å². The number of hydrogen-bond acceptors (Lipinski definition) is 3. The minimum Gasteiger partial charge on any atom is -0.387 e. The lowest BCUT2D eigenvalue weighted by molar-refractivity contribution is -0.104. The standard InChI is InChI=1S/C16H18N2O/c1-12(17-2)16-10-14(11-19)9-15(18-16)8-13-6-4-3-5-7-13/h3-7,9-11,15,17-18H,1,8H2,2H3. The topological polar surface area (TPSA) is 41.1 Å². The predicted molar refractivity (Wildman–Crippen MR) is 77.5 cm³/mol. The first-order valence-corrected chi connectivity index (χ1v) is 6.29. The summed E-state index contributed by atoms with van der Waals surface area (Å²) in [6.45, 7) is 3.92. The number of dihydropyridines is 1. The molecule has 1 aromatic rings. The van der Waals surface area contributed by atoms with Crippen LogP contribution >= 0.6 is 0 Å². The van der Waals surface area contributed by atoms with E-state index in [1.807, 2.05) is 37.4 Å². The van der Waals surface area contributed by atoms with E-state index in [0.29, 0.717) is 5.57 Å². The van der Waals surface area contributed by atoms with Gasteiger partial charge in [0, 0.05) is 18.7 Å². The lowest BCUT2D eigenvalue weighted by Gasteiger charge is -2.24. The minimum atomic E-state index is 0.104. The van der Waals surface area contributed by atoms with Crippen LogP contribution < -0.4 is 10.6 Å². The Kier molecular flexibility index (Phi) is 4.18. The summed E-state index contributed by atoms with van der Waals surface area (Å²) in [6.07, 6.45) is 5.48. The first-order chi connectivity index (χ1) is 9.22. The molecule has 0 saturated carbocycles. The fourth-order valence-corrected chi connectivity index (χ4v) is 2.09. The van der Waals surface area contributed by atoms with Crippen molar-refractivity contribution in [3.63, 3.8) is 0 Å². The average molecular weight is 254 g/mol. The Morgan fingerprint density at radius 1 is 1.42 bits per heavy atom. The van der Waals surface area contributed by atoms with Crippen LogP contribution in [0.1, 0.15) is 5.56 Å². The highest BCUT2D eigenvalue weighted by molar-refractivity contribution is 5.79. The van der Waals surface area contributed by atoms with Crippen LogP contribution in [0.15, 0.2) is 66.0 Å². The normalized spacial score (nSPS) is 17.8. The van der Waals surface area contributed by atoms with E-state index >= 15 is 0 Å². The van der Waals surface area contributed by atoms with Crippen molar-refractivity contribution in [1.29, 1.82) is 0 Å². The van der Waals surface area contributed by atoms with E-state index < -0.39 is 0 Å². The summed E-state index contributed by atoms with van der Waals surface area (Å²) in [4.78, 5) is 11.0. The number of hydrogen-bond donors (Lipinski definition) is 2. The van der Waals surface area contributed by atoms with Crippen molar-refractivity contribution in [2.24, 2.45) is 0 Å². The number of benzene rings is 1. The fraction of sp³-hybridized carbons (Fsp3) is 0.188. The molecule has 0 fully saturated rings. The fourth-order valence-electron chi connectivity index (χ4n) is 2.09. The Balaban J connectivity index is 2.15. The van der Waals surface area contributed by atoms with Crippen LogP contribution in [-0.2, 0) is 11.2 Å². The maximum Gasteiger partial charge on any atom is 0.149 e. The van der Waals surface area contributed by atoms with Crippen LogP contribution in [0.25, 0.3) is 0 Å². The van der Waals surface area contributed by atoms with E-state index in [0.717, 1.165) is 24.1 Å². The Hall–Kier alpha value is -2.29. The zero-order valence-corrected chi connectivity index (χ0v) is 11.0. The molecule has 0 aromatic heterocycles. The molecule has 0 aliphatic carbocycles. The monoisotopic (exact) mass is 254 g/mol. The number of rotatable bonds is 5. The summed E-state index contributed by atoms with van der Waals surface area (Å²) in [5, 5.41) is 6.38. The maximum atomic E-state index is 11.0. The average Bonchev–Trinajstić information content (AvgIpc) is 2.47. The third-order valence-electron chi connectivity index (χ3n) is 3.11. The molecule has 1 aliphatic heterocycles. The van der Waals surface area contributed by atoms with E-state index in [2.05, 4.69) is 29.3 Å². The first-order valence-electron chi connectivity index (χ1n) is 6.29. The molecule has 2 rings (SSSR count). The van der Waals surface area contributed by atoms with Gasteiger partial charge in [0.25, 0.3) is 0 Å². The summed E-state index contributed by atoms with van der Waals surface area (Å²) >= 11 is 0. The Labute approximate surface area is 113 Å². The number of allylic oxidation sites excluding steroid dienone is 2. The molecule has 0 saturated heterocycles. The molecule has 1 unspecified atom stereocenters. The Morgan fingerprint density at radius 2 is 2.16 bits per heavy atom. The molecule has 19 heavy (non-hydrogen) atoms. The molecule has 2 N–H and O–H groups in total. The molecule has 1 heterocycles. The second-order valence-corrected chi connectivity index (χ2v) is 4.51. The van der Waals surface area contributed by atoms with Crippen LogP contribution in [0.5, 0.6) is 0 Å². The molecule has 3 nitrogen and oxygen atoms in total. The van der Waals surface area contributed by atoms with E-state index in [1.54, 1.807) is 0 Å². The lowest BCUT2D eigenvalue weighted by atomic mass is 9.99. The van der Waals surface area contributed by atoms with Crippen LogP contribution in [0.2, 0.25) is 0 Å². The second-order valence-electron chi connectivity index (χ2n) is 4.51. The molecule has 0 spiro atoms. The van der Waals surface area contributed by atoms with E-state index in [-0.39, 0.29) is 6.04 Å². The number of nitrogens with one attached hydrogen (secondary N) is 2. The summed E-state index contributed by atoms with van der Waals surface area (Å²) in [7, 11) is 1.82. The molecule has 0 amide bonds. The van der Waals surface area contributed by atoms with E-state index in [4.69, 9.17) is 0 Å². The SMILES string of the molecule is C=C(NC)C1=CC(C=O)=CC(Cc2ccccc2)N1. The summed E-state index contributed by atoms with van der Waals surface area (Å²) < 4.78 is 0. The van der Waals surface area contributed by atoms with Gasteiger partial charge in [-0.25, -0.2) is 0 Å². The highest BCUT2D eigenvalue weighted by Gasteiger charge is 2.15. The summed E-state index contributed by atoms with van der Waals surface area (Å²) in [6, 6.07) is 10.3. The van der Waals surface area contributed by atoms with Gasteiger partial charge >= 0.3 is 0 Å². The van der Waals surface area contributed by atoms with Gasteiger partial charge in [0.1, 0.15) is 6.29 Å². The highest BCUT2D eigenvalue weighted by Crippen LogP contribution is 2.15. The van der Waals surface area contributed by atoms with Crippen molar-refractivity contribution in [3.05, 3.63) is 71.6 Å². The van der Waals surface area contributed by atoms with Gasteiger partial charge in [-0.3, -0.25) is 4.79 Å². The third kappa shape index (κ3) is 3.35. The first kappa shape index (κ1) is 13.1. The number of likely N-dealkylation sites (N-methyl/N-ethyl adjacent to an activating group) is 1. The third-order valence-corrected chi connectivity index (χ3v) is 3.11. The quantitative estimate of drug-likeness (QED) is 0.789. The predicted octanol–water partition coefficient (Wildman–Crippen LogP) is 1.94.